The Morgan fingerprint density at radius 1 is 1.48 bits per heavy atom. The maximum atomic E-state index is 12.2. The minimum absolute atomic E-state index is 0.0314. The molecule has 2 atom stereocenters. The summed E-state index contributed by atoms with van der Waals surface area (Å²) in [5, 5.41) is 6.14. The molecule has 0 saturated carbocycles. The van der Waals surface area contributed by atoms with Gasteiger partial charge in [-0.3, -0.25) is 4.79 Å². The number of hydrogen-bond acceptors (Lipinski definition) is 5. The first-order valence-electron chi connectivity index (χ1n) is 8.05. The van der Waals surface area contributed by atoms with Crippen molar-refractivity contribution in [3.8, 4) is 5.75 Å². The first-order valence-corrected chi connectivity index (χ1v) is 8.05. The van der Waals surface area contributed by atoms with E-state index < -0.39 is 0 Å². The molecule has 1 saturated heterocycles. The molecule has 0 aromatic heterocycles. The first kappa shape index (κ1) is 17.7. The second kappa shape index (κ2) is 8.86. The fourth-order valence-corrected chi connectivity index (χ4v) is 2.42. The number of benzene rings is 1. The van der Waals surface area contributed by atoms with Gasteiger partial charge in [0.15, 0.2) is 0 Å². The normalized spacial score (nSPS) is 21.2. The lowest BCUT2D eigenvalue weighted by Gasteiger charge is -2.29. The molecule has 1 aliphatic heterocycles. The zero-order valence-corrected chi connectivity index (χ0v) is 14.2. The van der Waals surface area contributed by atoms with Gasteiger partial charge in [-0.05, 0) is 38.7 Å². The van der Waals surface area contributed by atoms with Crippen LogP contribution in [0.1, 0.15) is 12.5 Å². The molecule has 1 fully saturated rings. The SMILES string of the molecule is C[C@H]1OCCN[C@@H]1C(=O)NCc1cccc(OCCN(C)C)c1. The van der Waals surface area contributed by atoms with Gasteiger partial charge in [-0.2, -0.15) is 0 Å². The summed E-state index contributed by atoms with van der Waals surface area (Å²) in [7, 11) is 4.03. The van der Waals surface area contributed by atoms with Crippen LogP contribution >= 0.6 is 0 Å². The van der Waals surface area contributed by atoms with Crippen LogP contribution in [0.3, 0.4) is 0 Å². The monoisotopic (exact) mass is 321 g/mol. The van der Waals surface area contributed by atoms with Crippen molar-refractivity contribution in [2.75, 3.05) is 40.4 Å². The van der Waals surface area contributed by atoms with E-state index in [0.717, 1.165) is 17.9 Å². The highest BCUT2D eigenvalue weighted by Gasteiger charge is 2.27. The number of hydrogen-bond donors (Lipinski definition) is 2. The quantitative estimate of drug-likeness (QED) is 0.771. The number of likely N-dealkylation sites (N-methyl/N-ethyl adjacent to an activating group) is 1. The molecule has 128 valence electrons. The van der Waals surface area contributed by atoms with Crippen LogP contribution in [0, 0.1) is 0 Å². The van der Waals surface area contributed by atoms with Gasteiger partial charge in [0.05, 0.1) is 12.7 Å². The first-order chi connectivity index (χ1) is 11.1. The summed E-state index contributed by atoms with van der Waals surface area (Å²) in [4.78, 5) is 14.3. The van der Waals surface area contributed by atoms with Gasteiger partial charge in [0, 0.05) is 19.6 Å². The Morgan fingerprint density at radius 2 is 2.30 bits per heavy atom. The van der Waals surface area contributed by atoms with Crippen LogP contribution in [-0.4, -0.2) is 63.4 Å². The Bertz CT molecular complexity index is 508. The van der Waals surface area contributed by atoms with E-state index in [-0.39, 0.29) is 18.1 Å². The maximum absolute atomic E-state index is 12.2. The van der Waals surface area contributed by atoms with Crippen LogP contribution in [0.5, 0.6) is 5.75 Å². The van der Waals surface area contributed by atoms with E-state index in [2.05, 4.69) is 15.5 Å². The highest BCUT2D eigenvalue weighted by Crippen LogP contribution is 2.13. The fraction of sp³-hybridized carbons (Fsp3) is 0.588. The van der Waals surface area contributed by atoms with Gasteiger partial charge in [-0.25, -0.2) is 0 Å². The second-order valence-electron chi connectivity index (χ2n) is 6.02. The van der Waals surface area contributed by atoms with E-state index >= 15 is 0 Å². The average molecular weight is 321 g/mol. The lowest BCUT2D eigenvalue weighted by atomic mass is 10.1. The summed E-state index contributed by atoms with van der Waals surface area (Å²) in [6.07, 6.45) is -0.107. The number of amides is 1. The molecule has 0 bridgehead atoms. The van der Waals surface area contributed by atoms with E-state index in [4.69, 9.17) is 9.47 Å². The predicted molar refractivity (Wildman–Crippen MR) is 89.5 cm³/mol. The topological polar surface area (TPSA) is 62.8 Å². The van der Waals surface area contributed by atoms with Crippen LogP contribution in [0.2, 0.25) is 0 Å². The number of nitrogens with zero attached hydrogens (tertiary/aromatic N) is 1. The third kappa shape index (κ3) is 5.82. The molecule has 0 aliphatic carbocycles. The van der Waals surface area contributed by atoms with E-state index in [1.807, 2.05) is 45.3 Å². The Labute approximate surface area is 138 Å². The summed E-state index contributed by atoms with van der Waals surface area (Å²) in [6.45, 7) is 5.26. The van der Waals surface area contributed by atoms with Crippen molar-refractivity contribution < 1.29 is 14.3 Å². The third-order valence-corrected chi connectivity index (χ3v) is 3.77. The number of morpholine rings is 1. The molecule has 0 unspecified atom stereocenters. The number of carbonyl (C=O) groups excluding carboxylic acids is 1. The van der Waals surface area contributed by atoms with Gasteiger partial charge in [-0.15, -0.1) is 0 Å². The minimum Gasteiger partial charge on any atom is -0.492 e. The molecule has 6 heteroatoms. The number of carbonyl (C=O) groups is 1. The maximum Gasteiger partial charge on any atom is 0.240 e. The van der Waals surface area contributed by atoms with Crippen molar-refractivity contribution in [3.63, 3.8) is 0 Å². The Morgan fingerprint density at radius 3 is 3.04 bits per heavy atom. The molecular weight excluding hydrogens is 294 g/mol. The molecule has 1 heterocycles. The van der Waals surface area contributed by atoms with Crippen LogP contribution in [0.4, 0.5) is 0 Å². The largest absolute Gasteiger partial charge is 0.492 e. The van der Waals surface area contributed by atoms with Crippen LogP contribution < -0.4 is 15.4 Å². The highest BCUT2D eigenvalue weighted by atomic mass is 16.5. The molecule has 0 radical (unpaired) electrons. The van der Waals surface area contributed by atoms with Crippen LogP contribution in [-0.2, 0) is 16.1 Å². The van der Waals surface area contributed by atoms with Crippen molar-refractivity contribution in [3.05, 3.63) is 29.8 Å². The summed E-state index contributed by atoms with van der Waals surface area (Å²) in [5.74, 6) is 0.794. The smallest absolute Gasteiger partial charge is 0.240 e. The zero-order valence-electron chi connectivity index (χ0n) is 14.2. The predicted octanol–water partition coefficient (Wildman–Crippen LogP) is 0.620. The number of rotatable bonds is 7. The van der Waals surface area contributed by atoms with Gasteiger partial charge < -0.3 is 25.0 Å². The zero-order chi connectivity index (χ0) is 16.7. The molecule has 23 heavy (non-hydrogen) atoms. The Balaban J connectivity index is 1.81. The van der Waals surface area contributed by atoms with Crippen molar-refractivity contribution in [1.29, 1.82) is 0 Å². The van der Waals surface area contributed by atoms with E-state index in [1.54, 1.807) is 0 Å². The van der Waals surface area contributed by atoms with E-state index in [0.29, 0.717) is 26.3 Å². The average Bonchev–Trinajstić information content (AvgIpc) is 2.53. The second-order valence-corrected chi connectivity index (χ2v) is 6.02. The summed E-state index contributed by atoms with van der Waals surface area (Å²) in [6, 6.07) is 7.53. The lowest BCUT2D eigenvalue weighted by molar-refractivity contribution is -0.129. The molecule has 2 N–H and O–H groups in total. The highest BCUT2D eigenvalue weighted by molar-refractivity contribution is 5.82. The van der Waals surface area contributed by atoms with Crippen LogP contribution in [0.25, 0.3) is 0 Å². The third-order valence-electron chi connectivity index (χ3n) is 3.77. The molecular formula is C17H27N3O3. The molecule has 6 nitrogen and oxygen atoms in total. The van der Waals surface area contributed by atoms with Gasteiger partial charge in [0.1, 0.15) is 18.4 Å². The molecule has 1 aromatic rings. The van der Waals surface area contributed by atoms with Gasteiger partial charge >= 0.3 is 0 Å². The van der Waals surface area contributed by atoms with Gasteiger partial charge in [0.25, 0.3) is 0 Å². The summed E-state index contributed by atoms with van der Waals surface area (Å²) >= 11 is 0. The molecule has 1 aromatic carbocycles. The van der Waals surface area contributed by atoms with Gasteiger partial charge in [-0.1, -0.05) is 12.1 Å². The molecule has 1 amide bonds. The molecule has 2 rings (SSSR count). The van der Waals surface area contributed by atoms with Crippen molar-refractivity contribution in [2.45, 2.75) is 25.6 Å². The Kier molecular flexibility index (Phi) is 6.83. The van der Waals surface area contributed by atoms with Gasteiger partial charge in [0.2, 0.25) is 5.91 Å². The minimum atomic E-state index is -0.289. The van der Waals surface area contributed by atoms with Crippen molar-refractivity contribution in [2.24, 2.45) is 0 Å². The van der Waals surface area contributed by atoms with Crippen LogP contribution in [0.15, 0.2) is 24.3 Å². The summed E-state index contributed by atoms with van der Waals surface area (Å²) < 4.78 is 11.2. The summed E-state index contributed by atoms with van der Waals surface area (Å²) in [5.41, 5.74) is 1.02. The van der Waals surface area contributed by atoms with Crippen molar-refractivity contribution in [1.82, 2.24) is 15.5 Å². The Hall–Kier alpha value is -1.63. The number of nitrogens with one attached hydrogen (secondary N) is 2. The standard InChI is InChI=1S/C17H27N3O3/c1-13-16(18-7-9-22-13)17(21)19-12-14-5-4-6-15(11-14)23-10-8-20(2)3/h4-6,11,13,16,18H,7-10,12H2,1-3H3,(H,19,21)/t13-,16+/m1/s1. The van der Waals surface area contributed by atoms with E-state index in [1.165, 1.54) is 0 Å². The number of ether oxygens (including phenoxy) is 2. The van der Waals surface area contributed by atoms with E-state index in [9.17, 15) is 4.79 Å². The fourth-order valence-electron chi connectivity index (χ4n) is 2.42. The molecule has 1 aliphatic rings. The van der Waals surface area contributed by atoms with Crippen molar-refractivity contribution >= 4 is 5.91 Å². The molecule has 0 spiro atoms. The lowest BCUT2D eigenvalue weighted by Crippen LogP contribution is -2.55.